The molecular weight excluding hydrogens is 381 g/mol. The maximum atomic E-state index is 13.1. The number of fused-ring (bicyclic) bond motifs is 1. The van der Waals surface area contributed by atoms with Crippen LogP contribution in [0.1, 0.15) is 16.7 Å². The molecule has 4 rings (SSSR count). The molecule has 154 valence electrons. The van der Waals surface area contributed by atoms with Gasteiger partial charge in [0.1, 0.15) is 23.8 Å². The molecule has 0 saturated carbocycles. The summed E-state index contributed by atoms with van der Waals surface area (Å²) in [6.07, 6.45) is 2.25. The minimum absolute atomic E-state index is 0.0158. The minimum atomic E-state index is -0.239. The van der Waals surface area contributed by atoms with Gasteiger partial charge < -0.3 is 15.1 Å². The second kappa shape index (κ2) is 8.49. The summed E-state index contributed by atoms with van der Waals surface area (Å²) in [5.74, 6) is 1.24. The highest BCUT2D eigenvalue weighted by Crippen LogP contribution is 2.31. The summed E-state index contributed by atoms with van der Waals surface area (Å²) < 4.78 is 13.1. The molecule has 0 bridgehead atoms. The fourth-order valence-corrected chi connectivity index (χ4v) is 3.70. The molecule has 1 aliphatic heterocycles. The Morgan fingerprint density at radius 1 is 1.07 bits per heavy atom. The van der Waals surface area contributed by atoms with E-state index < -0.39 is 0 Å². The lowest BCUT2D eigenvalue weighted by molar-refractivity contribution is -0.117. The van der Waals surface area contributed by atoms with Crippen LogP contribution in [-0.2, 0) is 17.8 Å². The van der Waals surface area contributed by atoms with Gasteiger partial charge in [-0.3, -0.25) is 4.79 Å². The molecule has 2 aromatic carbocycles. The summed E-state index contributed by atoms with van der Waals surface area (Å²) in [5, 5.41) is 3.38. The molecular formula is C23H24FN5O. The van der Waals surface area contributed by atoms with Crippen LogP contribution >= 0.6 is 0 Å². The number of carbonyl (C=O) groups is 1. The van der Waals surface area contributed by atoms with Gasteiger partial charge in [-0.2, -0.15) is 0 Å². The molecule has 0 spiro atoms. The molecule has 30 heavy (non-hydrogen) atoms. The van der Waals surface area contributed by atoms with Crippen LogP contribution in [0.15, 0.2) is 54.9 Å². The van der Waals surface area contributed by atoms with Gasteiger partial charge in [0, 0.05) is 19.3 Å². The van der Waals surface area contributed by atoms with Gasteiger partial charge in [0.25, 0.3) is 0 Å². The van der Waals surface area contributed by atoms with E-state index in [1.165, 1.54) is 18.5 Å². The monoisotopic (exact) mass is 405 g/mol. The van der Waals surface area contributed by atoms with Crippen LogP contribution in [0.3, 0.4) is 0 Å². The van der Waals surface area contributed by atoms with E-state index in [2.05, 4.69) is 15.3 Å². The molecule has 1 aliphatic rings. The van der Waals surface area contributed by atoms with Crippen LogP contribution in [0.5, 0.6) is 0 Å². The summed E-state index contributed by atoms with van der Waals surface area (Å²) in [6.45, 7) is 3.27. The van der Waals surface area contributed by atoms with Gasteiger partial charge in [0.15, 0.2) is 0 Å². The van der Waals surface area contributed by atoms with Gasteiger partial charge >= 0.3 is 0 Å². The molecule has 0 fully saturated rings. The quantitative estimate of drug-likeness (QED) is 0.703. The average Bonchev–Trinajstić information content (AvgIpc) is 2.86. The fraction of sp³-hybridized carbons (Fsp3) is 0.261. The van der Waals surface area contributed by atoms with E-state index in [9.17, 15) is 9.18 Å². The molecule has 1 N–H and O–H groups in total. The summed E-state index contributed by atoms with van der Waals surface area (Å²) in [6, 6.07) is 14.4. The number of aromatic nitrogens is 2. The number of para-hydroxylation sites is 1. The number of carbonyl (C=O) groups excluding carboxylic acids is 1. The average molecular weight is 405 g/mol. The van der Waals surface area contributed by atoms with Crippen molar-refractivity contribution in [2.45, 2.75) is 19.9 Å². The molecule has 1 aromatic heterocycles. The Labute approximate surface area is 175 Å². The number of halogens is 1. The van der Waals surface area contributed by atoms with Gasteiger partial charge in [-0.1, -0.05) is 30.3 Å². The normalized spacial score (nSPS) is 13.8. The first-order valence-electron chi connectivity index (χ1n) is 9.92. The van der Waals surface area contributed by atoms with Gasteiger partial charge in [0.2, 0.25) is 5.91 Å². The second-order valence-corrected chi connectivity index (χ2v) is 7.45. The molecule has 0 radical (unpaired) electrons. The Morgan fingerprint density at radius 3 is 2.60 bits per heavy atom. The van der Waals surface area contributed by atoms with Crippen LogP contribution in [0, 0.1) is 12.7 Å². The number of likely N-dealkylation sites (N-methyl/N-ethyl adjacent to an activating group) is 1. The van der Waals surface area contributed by atoms with Crippen molar-refractivity contribution in [2.24, 2.45) is 0 Å². The molecule has 2 heterocycles. The number of anilines is 3. The third kappa shape index (κ3) is 4.10. The Morgan fingerprint density at radius 2 is 1.83 bits per heavy atom. The number of rotatable bonds is 5. The van der Waals surface area contributed by atoms with Crippen molar-refractivity contribution in [3.05, 3.63) is 77.4 Å². The van der Waals surface area contributed by atoms with Gasteiger partial charge in [-0.25, -0.2) is 14.4 Å². The van der Waals surface area contributed by atoms with Gasteiger partial charge in [-0.05, 0) is 42.7 Å². The van der Waals surface area contributed by atoms with Crippen molar-refractivity contribution in [2.75, 3.05) is 35.3 Å². The molecule has 3 aromatic rings. The molecule has 6 nitrogen and oxygen atoms in total. The van der Waals surface area contributed by atoms with Crippen LogP contribution in [0.4, 0.5) is 21.7 Å². The Kier molecular flexibility index (Phi) is 5.61. The SMILES string of the molecule is Cc1ccccc1N1Cc2c(NCCc3ccc(F)cc3)ncnc2N(C)CC1=O. The molecule has 0 aliphatic carbocycles. The number of nitrogens with zero attached hydrogens (tertiary/aromatic N) is 4. The number of benzene rings is 2. The number of amides is 1. The third-order valence-electron chi connectivity index (χ3n) is 5.30. The maximum absolute atomic E-state index is 13.1. The van der Waals surface area contributed by atoms with E-state index in [1.807, 2.05) is 43.1 Å². The summed E-state index contributed by atoms with van der Waals surface area (Å²) in [4.78, 5) is 25.5. The number of nitrogens with one attached hydrogen (secondary N) is 1. The van der Waals surface area contributed by atoms with Crippen molar-refractivity contribution in [1.82, 2.24) is 9.97 Å². The second-order valence-electron chi connectivity index (χ2n) is 7.45. The highest BCUT2D eigenvalue weighted by Gasteiger charge is 2.28. The van der Waals surface area contributed by atoms with Gasteiger partial charge in [-0.15, -0.1) is 0 Å². The van der Waals surface area contributed by atoms with Crippen molar-refractivity contribution in [3.63, 3.8) is 0 Å². The molecule has 0 unspecified atom stereocenters. The predicted octanol–water partition coefficient (Wildman–Crippen LogP) is 3.56. The predicted molar refractivity (Wildman–Crippen MR) is 116 cm³/mol. The summed E-state index contributed by atoms with van der Waals surface area (Å²) >= 11 is 0. The Hall–Kier alpha value is -3.48. The topological polar surface area (TPSA) is 61.4 Å². The van der Waals surface area contributed by atoms with E-state index in [-0.39, 0.29) is 18.3 Å². The van der Waals surface area contributed by atoms with Crippen LogP contribution in [0.25, 0.3) is 0 Å². The zero-order valence-corrected chi connectivity index (χ0v) is 17.1. The summed E-state index contributed by atoms with van der Waals surface area (Å²) in [7, 11) is 1.87. The smallest absolute Gasteiger partial charge is 0.246 e. The highest BCUT2D eigenvalue weighted by molar-refractivity contribution is 5.98. The summed E-state index contributed by atoms with van der Waals surface area (Å²) in [5.41, 5.74) is 3.86. The van der Waals surface area contributed by atoms with Gasteiger partial charge in [0.05, 0.1) is 18.7 Å². The Bertz CT molecular complexity index is 1050. The van der Waals surface area contributed by atoms with Crippen LogP contribution in [0.2, 0.25) is 0 Å². The van der Waals surface area contributed by atoms with E-state index in [0.717, 1.165) is 34.6 Å². The lowest BCUT2D eigenvalue weighted by atomic mass is 10.1. The molecule has 0 atom stereocenters. The largest absolute Gasteiger partial charge is 0.369 e. The molecule has 1 amide bonds. The first kappa shape index (κ1) is 19.8. The van der Waals surface area contributed by atoms with Crippen molar-refractivity contribution in [3.8, 4) is 0 Å². The maximum Gasteiger partial charge on any atom is 0.246 e. The minimum Gasteiger partial charge on any atom is -0.369 e. The van der Waals surface area contributed by atoms with E-state index in [0.29, 0.717) is 18.9 Å². The fourth-order valence-electron chi connectivity index (χ4n) is 3.70. The van der Waals surface area contributed by atoms with Crippen LogP contribution < -0.4 is 15.1 Å². The standard InChI is InChI=1S/C23H24FN5O/c1-16-5-3-4-6-20(16)29-13-19-22(25-12-11-17-7-9-18(24)10-8-17)26-15-27-23(19)28(2)14-21(29)30/h3-10,15H,11-14H2,1-2H3,(H,25,26,27). The lowest BCUT2D eigenvalue weighted by Crippen LogP contribution is -2.36. The highest BCUT2D eigenvalue weighted by atomic mass is 19.1. The number of hydrogen-bond donors (Lipinski definition) is 1. The van der Waals surface area contributed by atoms with Crippen molar-refractivity contribution < 1.29 is 9.18 Å². The first-order valence-corrected chi connectivity index (χ1v) is 9.92. The Balaban J connectivity index is 1.59. The van der Waals surface area contributed by atoms with E-state index >= 15 is 0 Å². The first-order chi connectivity index (χ1) is 14.5. The van der Waals surface area contributed by atoms with E-state index in [4.69, 9.17) is 0 Å². The lowest BCUT2D eigenvalue weighted by Gasteiger charge is -2.23. The zero-order valence-electron chi connectivity index (χ0n) is 17.1. The number of aryl methyl sites for hydroxylation is 1. The van der Waals surface area contributed by atoms with E-state index in [1.54, 1.807) is 17.0 Å². The third-order valence-corrected chi connectivity index (χ3v) is 5.30. The van der Waals surface area contributed by atoms with Crippen LogP contribution in [-0.4, -0.2) is 36.0 Å². The molecule has 7 heteroatoms. The van der Waals surface area contributed by atoms with Crippen molar-refractivity contribution >= 4 is 23.2 Å². The van der Waals surface area contributed by atoms with Crippen molar-refractivity contribution in [1.29, 1.82) is 0 Å². The molecule has 0 saturated heterocycles. The zero-order chi connectivity index (χ0) is 21.1. The number of hydrogen-bond acceptors (Lipinski definition) is 5.